The Balaban J connectivity index is 1.35. The lowest BCUT2D eigenvalue weighted by Gasteiger charge is -2.30. The average Bonchev–Trinajstić information content (AvgIpc) is 3.98. The number of carbonyl (C=O) groups excluding carboxylic acids is 5. The Kier molecular flexibility index (Phi) is 13.3. The molecular formula is C35H48N10O7. The summed E-state index contributed by atoms with van der Waals surface area (Å²) in [6.45, 7) is 0.720. The number of nitrogens with two attached hydrogens (primary N) is 1. The Hall–Kier alpha value is -5.29. The summed E-state index contributed by atoms with van der Waals surface area (Å²) in [7, 11) is 0. The van der Waals surface area contributed by atoms with Crippen molar-refractivity contribution in [3.63, 3.8) is 0 Å². The minimum absolute atomic E-state index is 0.0155. The normalized spacial score (nSPS) is 18.8. The van der Waals surface area contributed by atoms with E-state index in [2.05, 4.69) is 41.5 Å². The van der Waals surface area contributed by atoms with Gasteiger partial charge in [-0.25, -0.2) is 4.98 Å². The molecule has 2 aliphatic rings. The van der Waals surface area contributed by atoms with Gasteiger partial charge in [-0.15, -0.1) is 0 Å². The number of aliphatic carboxylic acids is 1. The first-order valence-electron chi connectivity index (χ1n) is 17.8. The molecule has 1 aromatic carbocycles. The highest BCUT2D eigenvalue weighted by molar-refractivity contribution is 5.97. The van der Waals surface area contributed by atoms with E-state index in [0.29, 0.717) is 50.9 Å². The predicted molar refractivity (Wildman–Crippen MR) is 189 cm³/mol. The molecule has 0 saturated carbocycles. The summed E-state index contributed by atoms with van der Waals surface area (Å²) in [5, 5.41) is 24.0. The van der Waals surface area contributed by atoms with Crippen molar-refractivity contribution in [2.24, 2.45) is 5.73 Å². The summed E-state index contributed by atoms with van der Waals surface area (Å²) in [4.78, 5) is 90.8. The molecule has 17 heteroatoms. The number of hydrogen-bond donors (Lipinski definition) is 9. The maximum Gasteiger partial charge on any atom is 0.322 e. The van der Waals surface area contributed by atoms with Crippen molar-refractivity contribution in [2.45, 2.75) is 88.0 Å². The molecule has 5 atom stereocenters. The molecule has 5 rings (SSSR count). The standard InChI is InChI=1S/C35H48N10O7/c36-12-4-3-9-26(42-33(50)27(43-31(48)25-10-5-13-38-25)15-21-17-39-24-8-2-1-7-23(21)24)32(49)44-28(16-22-18-37-20-41-22)35(52)45-14-6-11-29(45)34(51)40-19-30(46)47/h1-2,7-8,17-18,20,25-29,38-39H,3-6,9-16,19,36H2,(H,37,41)(H,40,51)(H,42,50)(H,43,48)(H,44,49)(H,46,47). The summed E-state index contributed by atoms with van der Waals surface area (Å²) < 4.78 is 0. The molecular weight excluding hydrogens is 672 g/mol. The molecule has 52 heavy (non-hydrogen) atoms. The van der Waals surface area contributed by atoms with E-state index >= 15 is 0 Å². The smallest absolute Gasteiger partial charge is 0.322 e. The first-order chi connectivity index (χ1) is 25.1. The van der Waals surface area contributed by atoms with Crippen LogP contribution in [0.5, 0.6) is 0 Å². The largest absolute Gasteiger partial charge is 0.480 e. The van der Waals surface area contributed by atoms with Gasteiger partial charge < -0.3 is 52.3 Å². The lowest BCUT2D eigenvalue weighted by Crippen LogP contribution is -2.59. The Morgan fingerprint density at radius 3 is 2.44 bits per heavy atom. The zero-order valence-corrected chi connectivity index (χ0v) is 29.0. The highest BCUT2D eigenvalue weighted by Gasteiger charge is 2.39. The van der Waals surface area contributed by atoms with Crippen molar-refractivity contribution in [3.05, 3.63) is 54.2 Å². The zero-order valence-electron chi connectivity index (χ0n) is 29.0. The van der Waals surface area contributed by atoms with Crippen LogP contribution in [0, 0.1) is 0 Å². The number of likely N-dealkylation sites (tertiary alicyclic amines) is 1. The van der Waals surface area contributed by atoms with E-state index in [1.165, 1.54) is 17.4 Å². The van der Waals surface area contributed by atoms with E-state index in [1.807, 2.05) is 24.3 Å². The number of nitrogens with zero attached hydrogens (tertiary/aromatic N) is 2. The summed E-state index contributed by atoms with van der Waals surface area (Å²) >= 11 is 0. The number of hydrogen-bond acceptors (Lipinski definition) is 9. The van der Waals surface area contributed by atoms with Gasteiger partial charge in [-0.05, 0) is 69.7 Å². The van der Waals surface area contributed by atoms with Crippen LogP contribution in [0.2, 0.25) is 0 Å². The van der Waals surface area contributed by atoms with Gasteiger partial charge in [0.05, 0.1) is 12.4 Å². The number of aromatic nitrogens is 3. The predicted octanol–water partition coefficient (Wildman–Crippen LogP) is -0.797. The summed E-state index contributed by atoms with van der Waals surface area (Å²) in [6.07, 6.45) is 8.55. The second-order valence-corrected chi connectivity index (χ2v) is 13.3. The van der Waals surface area contributed by atoms with E-state index < -0.39 is 66.4 Å². The molecule has 0 spiro atoms. The van der Waals surface area contributed by atoms with Crippen molar-refractivity contribution >= 4 is 46.4 Å². The zero-order chi connectivity index (χ0) is 37.0. The number of H-pyrrole nitrogens is 2. The van der Waals surface area contributed by atoms with Gasteiger partial charge in [0.15, 0.2) is 0 Å². The van der Waals surface area contributed by atoms with E-state index in [0.717, 1.165) is 22.9 Å². The van der Waals surface area contributed by atoms with Gasteiger partial charge in [0.25, 0.3) is 0 Å². The average molecular weight is 721 g/mol. The van der Waals surface area contributed by atoms with Crippen LogP contribution in [0.3, 0.4) is 0 Å². The van der Waals surface area contributed by atoms with Gasteiger partial charge in [0.2, 0.25) is 29.5 Å². The van der Waals surface area contributed by atoms with Crippen LogP contribution in [-0.4, -0.2) is 117 Å². The Morgan fingerprint density at radius 1 is 0.923 bits per heavy atom. The van der Waals surface area contributed by atoms with Gasteiger partial charge in [-0.2, -0.15) is 0 Å². The van der Waals surface area contributed by atoms with Crippen LogP contribution < -0.4 is 32.3 Å². The molecule has 280 valence electrons. The van der Waals surface area contributed by atoms with Gasteiger partial charge >= 0.3 is 5.97 Å². The molecule has 0 bridgehead atoms. The highest BCUT2D eigenvalue weighted by Crippen LogP contribution is 2.21. The van der Waals surface area contributed by atoms with E-state index in [1.54, 1.807) is 6.20 Å². The number of imidazole rings is 1. The number of carboxylic acids is 1. The Morgan fingerprint density at radius 2 is 1.71 bits per heavy atom. The second kappa shape index (κ2) is 18.3. The molecule has 5 amide bonds. The fourth-order valence-electron chi connectivity index (χ4n) is 6.82. The Bertz CT molecular complexity index is 1700. The summed E-state index contributed by atoms with van der Waals surface area (Å²) in [5.41, 5.74) is 8.00. The van der Waals surface area contributed by atoms with Crippen LogP contribution in [0.4, 0.5) is 0 Å². The molecule has 17 nitrogen and oxygen atoms in total. The molecule has 3 aromatic rings. The molecule has 4 heterocycles. The molecule has 2 fully saturated rings. The monoisotopic (exact) mass is 720 g/mol. The third kappa shape index (κ3) is 9.94. The maximum absolute atomic E-state index is 14.1. The SMILES string of the molecule is NCCCCC(NC(=O)C(Cc1c[nH]c2ccccc12)NC(=O)C1CCCN1)C(=O)NC(Cc1cnc[nH]1)C(=O)N1CCCC1C(=O)NCC(=O)O. The molecule has 5 unspecified atom stereocenters. The fraction of sp³-hybridized carbons (Fsp3) is 0.514. The van der Waals surface area contributed by atoms with Crippen LogP contribution in [0.25, 0.3) is 10.9 Å². The third-order valence-electron chi connectivity index (χ3n) is 9.53. The lowest BCUT2D eigenvalue weighted by molar-refractivity contribution is -0.143. The number of fused-ring (bicyclic) bond motifs is 1. The molecule has 2 aromatic heterocycles. The summed E-state index contributed by atoms with van der Waals surface area (Å²) in [5.74, 6) is -3.83. The number of amides is 5. The number of aromatic amines is 2. The van der Waals surface area contributed by atoms with E-state index in [9.17, 15) is 28.8 Å². The van der Waals surface area contributed by atoms with Gasteiger partial charge in [-0.3, -0.25) is 28.8 Å². The quantitative estimate of drug-likeness (QED) is 0.0740. The van der Waals surface area contributed by atoms with Crippen molar-refractivity contribution in [3.8, 4) is 0 Å². The third-order valence-corrected chi connectivity index (χ3v) is 9.53. The maximum atomic E-state index is 14.1. The van der Waals surface area contributed by atoms with Crippen molar-refractivity contribution in [2.75, 3.05) is 26.2 Å². The van der Waals surface area contributed by atoms with E-state index in [-0.39, 0.29) is 31.7 Å². The van der Waals surface area contributed by atoms with Crippen LogP contribution >= 0.6 is 0 Å². The highest BCUT2D eigenvalue weighted by atomic mass is 16.4. The first kappa shape index (κ1) is 38.0. The number of unbranched alkanes of at least 4 members (excludes halogenated alkanes) is 1. The number of para-hydroxylation sites is 1. The number of benzene rings is 1. The van der Waals surface area contributed by atoms with E-state index in [4.69, 9.17) is 10.8 Å². The van der Waals surface area contributed by atoms with Crippen molar-refractivity contribution < 1.29 is 33.9 Å². The number of carbonyl (C=O) groups is 6. The van der Waals surface area contributed by atoms with Gasteiger partial charge in [0, 0.05) is 48.4 Å². The van der Waals surface area contributed by atoms with Gasteiger partial charge in [-0.1, -0.05) is 18.2 Å². The number of rotatable bonds is 18. The minimum Gasteiger partial charge on any atom is -0.480 e. The van der Waals surface area contributed by atoms with Crippen LogP contribution in [-0.2, 0) is 41.6 Å². The second-order valence-electron chi connectivity index (χ2n) is 13.3. The number of nitrogens with one attached hydrogen (secondary N) is 7. The molecule has 2 saturated heterocycles. The first-order valence-corrected chi connectivity index (χ1v) is 17.8. The summed E-state index contributed by atoms with van der Waals surface area (Å²) in [6, 6.07) is 3.04. The van der Waals surface area contributed by atoms with Crippen LogP contribution in [0.15, 0.2) is 43.0 Å². The molecule has 0 radical (unpaired) electrons. The Labute approximate surface area is 300 Å². The van der Waals surface area contributed by atoms with Gasteiger partial charge in [0.1, 0.15) is 30.7 Å². The van der Waals surface area contributed by atoms with Crippen LogP contribution in [0.1, 0.15) is 56.2 Å². The minimum atomic E-state index is -1.21. The van der Waals surface area contributed by atoms with Crippen molar-refractivity contribution in [1.82, 2.24) is 46.4 Å². The lowest BCUT2D eigenvalue weighted by atomic mass is 10.0. The van der Waals surface area contributed by atoms with Crippen molar-refractivity contribution in [1.29, 1.82) is 0 Å². The molecule has 10 N–H and O–H groups in total. The molecule has 0 aliphatic carbocycles. The fourth-order valence-corrected chi connectivity index (χ4v) is 6.82. The topological polar surface area (TPSA) is 257 Å². The number of carboxylic acid groups (broad SMARTS) is 1. The molecule has 2 aliphatic heterocycles.